The molecule has 0 spiro atoms. The van der Waals surface area contributed by atoms with Crippen LogP contribution >= 0.6 is 0 Å². The normalized spacial score (nSPS) is 11.7. The average Bonchev–Trinajstić information content (AvgIpc) is 1.98. The molecular formula is C7H5F4NO. The summed E-state index contributed by atoms with van der Waals surface area (Å²) in [7, 11) is 0. The number of alkyl halides is 3. The second kappa shape index (κ2) is 2.79. The van der Waals surface area contributed by atoms with Gasteiger partial charge in [0.2, 0.25) is 0 Å². The van der Waals surface area contributed by atoms with Crippen LogP contribution in [0.4, 0.5) is 23.2 Å². The first-order valence-electron chi connectivity index (χ1n) is 3.18. The van der Waals surface area contributed by atoms with Crippen molar-refractivity contribution in [3.05, 3.63) is 23.5 Å². The second-order valence-electron chi connectivity index (χ2n) is 2.36. The molecule has 1 rings (SSSR count). The summed E-state index contributed by atoms with van der Waals surface area (Å²) in [5.74, 6) is -2.91. The quantitative estimate of drug-likeness (QED) is 0.378. The fourth-order valence-corrected chi connectivity index (χ4v) is 0.798. The summed E-state index contributed by atoms with van der Waals surface area (Å²) in [6, 6.07) is 1.27. The predicted molar refractivity (Wildman–Crippen MR) is 37.5 cm³/mol. The lowest BCUT2D eigenvalue weighted by Gasteiger charge is -2.09. The maximum Gasteiger partial charge on any atom is 0.419 e. The van der Waals surface area contributed by atoms with Gasteiger partial charge in [-0.1, -0.05) is 0 Å². The maximum atomic E-state index is 12.7. The first-order chi connectivity index (χ1) is 5.84. The molecule has 0 aliphatic heterocycles. The minimum absolute atomic E-state index is 0.425. The number of anilines is 1. The minimum atomic E-state index is -4.82. The molecule has 13 heavy (non-hydrogen) atoms. The second-order valence-corrected chi connectivity index (χ2v) is 2.36. The number of hydrogen-bond donors (Lipinski definition) is 2. The molecule has 0 saturated heterocycles. The fraction of sp³-hybridized carbons (Fsp3) is 0.143. The summed E-state index contributed by atoms with van der Waals surface area (Å²) in [6.45, 7) is 0. The van der Waals surface area contributed by atoms with E-state index in [1.807, 2.05) is 0 Å². The Labute approximate surface area is 70.6 Å². The van der Waals surface area contributed by atoms with Crippen LogP contribution in [-0.2, 0) is 6.18 Å². The topological polar surface area (TPSA) is 46.2 Å². The number of nitrogens with two attached hydrogens (primary N) is 1. The van der Waals surface area contributed by atoms with Crippen molar-refractivity contribution in [1.29, 1.82) is 0 Å². The van der Waals surface area contributed by atoms with Crippen LogP contribution in [0.2, 0.25) is 0 Å². The molecule has 6 heteroatoms. The monoisotopic (exact) mass is 195 g/mol. The van der Waals surface area contributed by atoms with E-state index >= 15 is 0 Å². The van der Waals surface area contributed by atoms with Crippen molar-refractivity contribution in [1.82, 2.24) is 0 Å². The smallest absolute Gasteiger partial charge is 0.419 e. The summed E-state index contributed by atoms with van der Waals surface area (Å²) in [4.78, 5) is 0. The van der Waals surface area contributed by atoms with Gasteiger partial charge < -0.3 is 10.8 Å². The molecule has 1 aromatic carbocycles. The molecule has 0 aliphatic carbocycles. The molecular weight excluding hydrogens is 190 g/mol. The van der Waals surface area contributed by atoms with Gasteiger partial charge in [0.25, 0.3) is 0 Å². The predicted octanol–water partition coefficient (Wildman–Crippen LogP) is 2.13. The van der Waals surface area contributed by atoms with Crippen molar-refractivity contribution >= 4 is 5.69 Å². The minimum Gasteiger partial charge on any atom is -0.503 e. The lowest BCUT2D eigenvalue weighted by atomic mass is 10.1. The van der Waals surface area contributed by atoms with E-state index in [4.69, 9.17) is 10.8 Å². The van der Waals surface area contributed by atoms with Crippen LogP contribution in [0.5, 0.6) is 5.75 Å². The Morgan fingerprint density at radius 1 is 1.23 bits per heavy atom. The van der Waals surface area contributed by atoms with Gasteiger partial charge in [0, 0.05) is 0 Å². The van der Waals surface area contributed by atoms with Crippen LogP contribution in [0.15, 0.2) is 12.1 Å². The Bertz CT molecular complexity index is 334. The zero-order chi connectivity index (χ0) is 10.2. The van der Waals surface area contributed by atoms with Gasteiger partial charge in [0.1, 0.15) is 0 Å². The lowest BCUT2D eigenvalue weighted by Crippen LogP contribution is -2.08. The van der Waals surface area contributed by atoms with Crippen molar-refractivity contribution in [2.45, 2.75) is 6.18 Å². The average molecular weight is 195 g/mol. The van der Waals surface area contributed by atoms with E-state index in [9.17, 15) is 17.6 Å². The van der Waals surface area contributed by atoms with Crippen LogP contribution in [0, 0.1) is 5.82 Å². The number of phenolic OH excluding ortho intramolecular Hbond substituents is 1. The van der Waals surface area contributed by atoms with E-state index in [0.717, 1.165) is 6.07 Å². The van der Waals surface area contributed by atoms with Gasteiger partial charge in [-0.15, -0.1) is 0 Å². The molecule has 1 aromatic rings. The maximum absolute atomic E-state index is 12.7. The summed E-state index contributed by atoms with van der Waals surface area (Å²) in [5, 5.41) is 8.75. The van der Waals surface area contributed by atoms with Crippen LogP contribution in [0.3, 0.4) is 0 Å². The molecule has 0 atom stereocenters. The summed E-state index contributed by atoms with van der Waals surface area (Å²) >= 11 is 0. The third-order valence-electron chi connectivity index (χ3n) is 1.45. The Morgan fingerprint density at radius 3 is 2.23 bits per heavy atom. The van der Waals surface area contributed by atoms with Crippen LogP contribution in [0.1, 0.15) is 5.56 Å². The van der Waals surface area contributed by atoms with Gasteiger partial charge >= 0.3 is 6.18 Å². The van der Waals surface area contributed by atoms with Gasteiger partial charge in [-0.2, -0.15) is 13.2 Å². The molecule has 0 bridgehead atoms. The van der Waals surface area contributed by atoms with E-state index in [-0.39, 0.29) is 0 Å². The van der Waals surface area contributed by atoms with Crippen molar-refractivity contribution in [2.75, 3.05) is 5.73 Å². The van der Waals surface area contributed by atoms with Crippen molar-refractivity contribution in [3.8, 4) is 5.75 Å². The molecule has 2 nitrogen and oxygen atoms in total. The van der Waals surface area contributed by atoms with E-state index in [1.54, 1.807) is 0 Å². The van der Waals surface area contributed by atoms with Crippen LogP contribution in [0.25, 0.3) is 0 Å². The molecule has 0 radical (unpaired) electrons. The zero-order valence-electron chi connectivity index (χ0n) is 6.19. The molecule has 0 aromatic heterocycles. The zero-order valence-corrected chi connectivity index (χ0v) is 6.19. The number of phenols is 1. The Hall–Kier alpha value is -1.46. The van der Waals surface area contributed by atoms with E-state index < -0.39 is 29.0 Å². The standard InChI is InChI=1S/C7H5F4NO/c8-5-3(7(9,10)11)1-2-4(12)6(5)13/h1-2,13H,12H2. The molecule has 0 unspecified atom stereocenters. The van der Waals surface area contributed by atoms with Gasteiger partial charge in [0.05, 0.1) is 11.3 Å². The van der Waals surface area contributed by atoms with Crippen molar-refractivity contribution in [3.63, 3.8) is 0 Å². The number of benzene rings is 1. The van der Waals surface area contributed by atoms with Crippen molar-refractivity contribution in [2.24, 2.45) is 0 Å². The molecule has 72 valence electrons. The Morgan fingerprint density at radius 2 is 1.77 bits per heavy atom. The molecule has 0 saturated carbocycles. The Kier molecular flexibility index (Phi) is 2.07. The van der Waals surface area contributed by atoms with Crippen LogP contribution in [-0.4, -0.2) is 5.11 Å². The third-order valence-corrected chi connectivity index (χ3v) is 1.45. The molecule has 0 aliphatic rings. The van der Waals surface area contributed by atoms with Gasteiger partial charge in [-0.05, 0) is 12.1 Å². The number of nitrogen functional groups attached to an aromatic ring is 1. The highest BCUT2D eigenvalue weighted by molar-refractivity contribution is 5.54. The van der Waals surface area contributed by atoms with Crippen molar-refractivity contribution < 1.29 is 22.7 Å². The van der Waals surface area contributed by atoms with Crippen LogP contribution < -0.4 is 5.73 Å². The largest absolute Gasteiger partial charge is 0.503 e. The van der Waals surface area contributed by atoms with Gasteiger partial charge in [-0.25, -0.2) is 4.39 Å². The number of aromatic hydroxyl groups is 1. The lowest BCUT2D eigenvalue weighted by molar-refractivity contribution is -0.140. The SMILES string of the molecule is Nc1ccc(C(F)(F)F)c(F)c1O. The summed E-state index contributed by atoms with van der Waals surface area (Å²) in [6.07, 6.45) is -4.82. The van der Waals surface area contributed by atoms with E-state index in [0.29, 0.717) is 6.07 Å². The first-order valence-corrected chi connectivity index (χ1v) is 3.18. The number of hydrogen-bond acceptors (Lipinski definition) is 2. The number of halogens is 4. The summed E-state index contributed by atoms with van der Waals surface area (Å²) in [5.41, 5.74) is 3.02. The highest BCUT2D eigenvalue weighted by atomic mass is 19.4. The molecule has 0 fully saturated rings. The highest BCUT2D eigenvalue weighted by Gasteiger charge is 2.35. The van der Waals surface area contributed by atoms with Gasteiger partial charge in [0.15, 0.2) is 11.6 Å². The molecule has 0 amide bonds. The summed E-state index contributed by atoms with van der Waals surface area (Å²) < 4.78 is 48.6. The molecule has 0 heterocycles. The van der Waals surface area contributed by atoms with E-state index in [1.165, 1.54) is 0 Å². The van der Waals surface area contributed by atoms with E-state index in [2.05, 4.69) is 0 Å². The Balaban J connectivity index is 3.35. The molecule has 3 N–H and O–H groups in total. The van der Waals surface area contributed by atoms with Gasteiger partial charge in [-0.3, -0.25) is 0 Å². The highest BCUT2D eigenvalue weighted by Crippen LogP contribution is 2.36. The number of rotatable bonds is 0. The fourth-order valence-electron chi connectivity index (χ4n) is 0.798. The third kappa shape index (κ3) is 1.66. The first kappa shape index (κ1) is 9.63.